The van der Waals surface area contributed by atoms with Gasteiger partial charge in [-0.2, -0.15) is 0 Å². The fourth-order valence-electron chi connectivity index (χ4n) is 2.95. The molecule has 1 fully saturated rings. The molecule has 0 saturated carbocycles. The number of nitrogens with zero attached hydrogens (tertiary/aromatic N) is 2. The summed E-state index contributed by atoms with van der Waals surface area (Å²) in [4.78, 5) is 5.03. The molecule has 2 nitrogen and oxygen atoms in total. The van der Waals surface area contributed by atoms with Gasteiger partial charge in [0, 0.05) is 12.6 Å². The number of likely N-dealkylation sites (N-methyl/N-ethyl adjacent to an activating group) is 1. The Balaban J connectivity index is 1.75. The highest BCUT2D eigenvalue weighted by molar-refractivity contribution is 4.98. The zero-order chi connectivity index (χ0) is 11.4. The van der Waals surface area contributed by atoms with Crippen LogP contribution in [0, 0.1) is 5.92 Å². The van der Waals surface area contributed by atoms with Crippen LogP contribution in [0.5, 0.6) is 0 Å². The largest absolute Gasteiger partial charge is 0.306 e. The summed E-state index contributed by atoms with van der Waals surface area (Å²) in [6.07, 6.45) is 11.6. The Labute approximate surface area is 100 Å². The molecule has 1 aliphatic heterocycles. The van der Waals surface area contributed by atoms with Crippen molar-refractivity contribution in [2.75, 3.05) is 33.7 Å². The molecule has 92 valence electrons. The van der Waals surface area contributed by atoms with Crippen molar-refractivity contribution in [3.63, 3.8) is 0 Å². The predicted octanol–water partition coefficient (Wildman–Crippen LogP) is 2.37. The molecule has 1 atom stereocenters. The summed E-state index contributed by atoms with van der Waals surface area (Å²) in [5, 5.41) is 0. The van der Waals surface area contributed by atoms with Crippen LogP contribution in [-0.4, -0.2) is 49.6 Å². The number of likely N-dealkylation sites (tertiary alicyclic amines) is 1. The Morgan fingerprint density at radius 2 is 2.00 bits per heavy atom. The van der Waals surface area contributed by atoms with Gasteiger partial charge in [0.2, 0.25) is 0 Å². The normalized spacial score (nSPS) is 28.8. The first-order valence-electron chi connectivity index (χ1n) is 6.81. The molecular formula is C14H26N2. The maximum Gasteiger partial charge on any atom is 0.0275 e. The monoisotopic (exact) mass is 222 g/mol. The lowest BCUT2D eigenvalue weighted by atomic mass is 9.94. The van der Waals surface area contributed by atoms with E-state index in [-0.39, 0.29) is 0 Å². The first-order chi connectivity index (χ1) is 7.75. The second-order valence-electron chi connectivity index (χ2n) is 5.61. The first kappa shape index (κ1) is 12.1. The number of allylic oxidation sites excluding steroid dienone is 1. The van der Waals surface area contributed by atoms with E-state index in [1.807, 2.05) is 0 Å². The van der Waals surface area contributed by atoms with Crippen LogP contribution in [0.1, 0.15) is 32.1 Å². The summed E-state index contributed by atoms with van der Waals surface area (Å²) in [6, 6.07) is 0.716. The van der Waals surface area contributed by atoms with Gasteiger partial charge in [-0.05, 0) is 65.2 Å². The van der Waals surface area contributed by atoms with Crippen LogP contribution in [0.25, 0.3) is 0 Å². The molecule has 0 spiro atoms. The predicted molar refractivity (Wildman–Crippen MR) is 69.6 cm³/mol. The molecule has 0 bridgehead atoms. The molecule has 0 N–H and O–H groups in total. The summed E-state index contributed by atoms with van der Waals surface area (Å²) in [5.41, 5.74) is 0. The molecule has 1 saturated heterocycles. The Kier molecular flexibility index (Phi) is 4.42. The average Bonchev–Trinajstić information content (AvgIpc) is 2.33. The standard InChI is InChI=1S/C14H26N2/c1-15-10-8-13(9-11-15)12-16(2)14-6-4-3-5-7-14/h4,6,13-14H,3,5,7-12H2,1-2H3. The van der Waals surface area contributed by atoms with Crippen molar-refractivity contribution >= 4 is 0 Å². The van der Waals surface area contributed by atoms with Gasteiger partial charge in [-0.25, -0.2) is 0 Å². The Morgan fingerprint density at radius 1 is 1.25 bits per heavy atom. The fourth-order valence-corrected chi connectivity index (χ4v) is 2.95. The van der Waals surface area contributed by atoms with E-state index in [2.05, 4.69) is 36.0 Å². The van der Waals surface area contributed by atoms with Gasteiger partial charge in [-0.15, -0.1) is 0 Å². The van der Waals surface area contributed by atoms with Gasteiger partial charge in [-0.1, -0.05) is 12.2 Å². The minimum atomic E-state index is 0.716. The molecule has 0 amide bonds. The third-order valence-electron chi connectivity index (χ3n) is 4.18. The Morgan fingerprint density at radius 3 is 2.62 bits per heavy atom. The smallest absolute Gasteiger partial charge is 0.0275 e. The lowest BCUT2D eigenvalue weighted by Crippen LogP contribution is -2.39. The number of rotatable bonds is 3. The SMILES string of the molecule is CN1CCC(CN(C)C2C=CCCC2)CC1. The molecular weight excluding hydrogens is 196 g/mol. The van der Waals surface area contributed by atoms with E-state index >= 15 is 0 Å². The summed E-state index contributed by atoms with van der Waals surface area (Å²) in [5.74, 6) is 0.927. The highest BCUT2D eigenvalue weighted by Crippen LogP contribution is 2.21. The maximum absolute atomic E-state index is 2.58. The van der Waals surface area contributed by atoms with E-state index in [9.17, 15) is 0 Å². The highest BCUT2D eigenvalue weighted by atomic mass is 15.1. The van der Waals surface area contributed by atoms with Crippen molar-refractivity contribution in [2.24, 2.45) is 5.92 Å². The van der Waals surface area contributed by atoms with Crippen molar-refractivity contribution < 1.29 is 0 Å². The van der Waals surface area contributed by atoms with Crippen LogP contribution in [0.15, 0.2) is 12.2 Å². The van der Waals surface area contributed by atoms with Gasteiger partial charge in [0.15, 0.2) is 0 Å². The van der Waals surface area contributed by atoms with Crippen LogP contribution in [-0.2, 0) is 0 Å². The third kappa shape index (κ3) is 3.33. The summed E-state index contributed by atoms with van der Waals surface area (Å²) in [7, 11) is 4.54. The average molecular weight is 222 g/mol. The van der Waals surface area contributed by atoms with Crippen LogP contribution in [0.2, 0.25) is 0 Å². The van der Waals surface area contributed by atoms with E-state index in [0.29, 0.717) is 6.04 Å². The van der Waals surface area contributed by atoms with E-state index in [0.717, 1.165) is 5.92 Å². The fraction of sp³-hybridized carbons (Fsp3) is 0.857. The molecule has 1 heterocycles. The van der Waals surface area contributed by atoms with Gasteiger partial charge in [0.25, 0.3) is 0 Å². The van der Waals surface area contributed by atoms with Crippen molar-refractivity contribution in [3.05, 3.63) is 12.2 Å². The number of hydrogen-bond acceptors (Lipinski definition) is 2. The summed E-state index contributed by atoms with van der Waals surface area (Å²) in [6.45, 7) is 3.88. The number of hydrogen-bond donors (Lipinski definition) is 0. The van der Waals surface area contributed by atoms with Gasteiger partial charge >= 0.3 is 0 Å². The lowest BCUT2D eigenvalue weighted by molar-refractivity contribution is 0.157. The molecule has 16 heavy (non-hydrogen) atoms. The van der Waals surface area contributed by atoms with Crippen LogP contribution < -0.4 is 0 Å². The molecule has 0 aromatic carbocycles. The Bertz CT molecular complexity index is 229. The van der Waals surface area contributed by atoms with Crippen molar-refractivity contribution in [3.8, 4) is 0 Å². The second kappa shape index (κ2) is 5.83. The molecule has 0 aromatic rings. The topological polar surface area (TPSA) is 6.48 Å². The second-order valence-corrected chi connectivity index (χ2v) is 5.61. The maximum atomic E-state index is 2.58. The van der Waals surface area contributed by atoms with Gasteiger partial charge in [-0.3, -0.25) is 4.90 Å². The molecule has 2 heteroatoms. The van der Waals surface area contributed by atoms with E-state index in [4.69, 9.17) is 0 Å². The van der Waals surface area contributed by atoms with Gasteiger partial charge in [0.1, 0.15) is 0 Å². The number of piperidine rings is 1. The van der Waals surface area contributed by atoms with E-state index in [1.165, 1.54) is 51.7 Å². The molecule has 1 unspecified atom stereocenters. The minimum Gasteiger partial charge on any atom is -0.306 e. The van der Waals surface area contributed by atoms with E-state index in [1.54, 1.807) is 0 Å². The quantitative estimate of drug-likeness (QED) is 0.676. The molecule has 0 aromatic heterocycles. The molecule has 2 aliphatic rings. The van der Waals surface area contributed by atoms with Crippen LogP contribution in [0.3, 0.4) is 0 Å². The van der Waals surface area contributed by atoms with Crippen LogP contribution >= 0.6 is 0 Å². The summed E-state index contributed by atoms with van der Waals surface area (Å²) < 4.78 is 0. The minimum absolute atomic E-state index is 0.716. The third-order valence-corrected chi connectivity index (χ3v) is 4.18. The highest BCUT2D eigenvalue weighted by Gasteiger charge is 2.21. The zero-order valence-corrected chi connectivity index (χ0v) is 10.9. The van der Waals surface area contributed by atoms with Crippen molar-refractivity contribution in [1.82, 2.24) is 9.80 Å². The van der Waals surface area contributed by atoms with E-state index < -0.39 is 0 Å². The molecule has 0 radical (unpaired) electrons. The summed E-state index contributed by atoms with van der Waals surface area (Å²) >= 11 is 0. The van der Waals surface area contributed by atoms with Crippen LogP contribution in [0.4, 0.5) is 0 Å². The Hall–Kier alpha value is -0.340. The van der Waals surface area contributed by atoms with Crippen molar-refractivity contribution in [1.29, 1.82) is 0 Å². The molecule has 1 aliphatic carbocycles. The molecule has 2 rings (SSSR count). The van der Waals surface area contributed by atoms with Gasteiger partial charge in [0.05, 0.1) is 0 Å². The van der Waals surface area contributed by atoms with Gasteiger partial charge < -0.3 is 4.90 Å². The van der Waals surface area contributed by atoms with Crippen molar-refractivity contribution in [2.45, 2.75) is 38.1 Å². The lowest BCUT2D eigenvalue weighted by Gasteiger charge is -2.35. The first-order valence-corrected chi connectivity index (χ1v) is 6.81. The zero-order valence-electron chi connectivity index (χ0n) is 10.9.